The Morgan fingerprint density at radius 1 is 1.00 bits per heavy atom. The Balaban J connectivity index is 1.72. The van der Waals surface area contributed by atoms with Gasteiger partial charge < -0.3 is 14.8 Å². The molecule has 0 saturated carbocycles. The number of likely N-dealkylation sites (tertiary alicyclic amines) is 1. The van der Waals surface area contributed by atoms with Crippen molar-refractivity contribution in [2.75, 3.05) is 33.9 Å². The molecule has 1 atom stereocenters. The molecule has 1 heterocycles. The molecule has 2 aromatic rings. The fourth-order valence-electron chi connectivity index (χ4n) is 3.57. The van der Waals surface area contributed by atoms with Crippen LogP contribution in [0.4, 0.5) is 0 Å². The Labute approximate surface area is 161 Å². The summed E-state index contributed by atoms with van der Waals surface area (Å²) in [6, 6.07) is 15.5. The second-order valence-corrected chi connectivity index (χ2v) is 6.83. The highest BCUT2D eigenvalue weighted by Gasteiger charge is 2.23. The predicted octanol–water partition coefficient (Wildman–Crippen LogP) is 3.66. The van der Waals surface area contributed by atoms with Crippen LogP contribution in [0.3, 0.4) is 0 Å². The van der Waals surface area contributed by atoms with E-state index in [1.165, 1.54) is 24.8 Å². The minimum Gasteiger partial charge on any atom is -0.497 e. The number of ether oxygens (including phenoxy) is 2. The maximum Gasteiger partial charge on any atom is 0.251 e. The number of hydrogen-bond donors (Lipinski definition) is 1. The zero-order chi connectivity index (χ0) is 19.1. The van der Waals surface area contributed by atoms with Gasteiger partial charge in [-0.25, -0.2) is 0 Å². The van der Waals surface area contributed by atoms with Crippen LogP contribution in [-0.2, 0) is 0 Å². The lowest BCUT2D eigenvalue weighted by Crippen LogP contribution is -2.40. The highest BCUT2D eigenvalue weighted by molar-refractivity contribution is 5.94. The van der Waals surface area contributed by atoms with Crippen molar-refractivity contribution in [3.05, 3.63) is 59.7 Å². The number of benzene rings is 2. The first-order chi connectivity index (χ1) is 13.2. The fourth-order valence-corrected chi connectivity index (χ4v) is 3.57. The van der Waals surface area contributed by atoms with Gasteiger partial charge in [-0.1, -0.05) is 24.6 Å². The molecule has 0 bridgehead atoms. The summed E-state index contributed by atoms with van der Waals surface area (Å²) < 4.78 is 10.5. The molecule has 5 heteroatoms. The summed E-state index contributed by atoms with van der Waals surface area (Å²) in [6.07, 6.45) is 3.69. The molecule has 1 aliphatic rings. The maximum atomic E-state index is 12.6. The SMILES string of the molecule is COc1ccc([C@@H](CNC(=O)c2cccc(OC)c2)N2CCCCC2)cc1. The molecule has 1 aliphatic heterocycles. The summed E-state index contributed by atoms with van der Waals surface area (Å²) in [5, 5.41) is 3.11. The summed E-state index contributed by atoms with van der Waals surface area (Å²) in [4.78, 5) is 15.1. The highest BCUT2D eigenvalue weighted by Crippen LogP contribution is 2.26. The Morgan fingerprint density at radius 2 is 1.70 bits per heavy atom. The number of piperidine rings is 1. The van der Waals surface area contributed by atoms with Crippen molar-refractivity contribution in [1.29, 1.82) is 0 Å². The Bertz CT molecular complexity index is 739. The molecule has 1 amide bonds. The third-order valence-corrected chi connectivity index (χ3v) is 5.12. The molecule has 27 heavy (non-hydrogen) atoms. The van der Waals surface area contributed by atoms with Crippen LogP contribution in [0.2, 0.25) is 0 Å². The van der Waals surface area contributed by atoms with Crippen LogP contribution in [0, 0.1) is 0 Å². The number of hydrogen-bond acceptors (Lipinski definition) is 4. The van der Waals surface area contributed by atoms with Crippen molar-refractivity contribution in [1.82, 2.24) is 10.2 Å². The van der Waals surface area contributed by atoms with E-state index in [9.17, 15) is 4.79 Å². The maximum absolute atomic E-state index is 12.6. The van der Waals surface area contributed by atoms with Crippen LogP contribution in [0.1, 0.15) is 41.2 Å². The van der Waals surface area contributed by atoms with E-state index in [0.29, 0.717) is 17.9 Å². The lowest BCUT2D eigenvalue weighted by Gasteiger charge is -2.35. The van der Waals surface area contributed by atoms with Gasteiger partial charge in [0.2, 0.25) is 0 Å². The van der Waals surface area contributed by atoms with Crippen LogP contribution in [-0.4, -0.2) is 44.7 Å². The zero-order valence-electron chi connectivity index (χ0n) is 16.1. The van der Waals surface area contributed by atoms with E-state index in [4.69, 9.17) is 9.47 Å². The molecule has 5 nitrogen and oxygen atoms in total. The third-order valence-electron chi connectivity index (χ3n) is 5.12. The first kappa shape index (κ1) is 19.2. The number of nitrogens with zero attached hydrogens (tertiary/aromatic N) is 1. The average molecular weight is 368 g/mol. The summed E-state index contributed by atoms with van der Waals surface area (Å²) in [5.41, 5.74) is 1.81. The molecular formula is C22H28N2O3. The Kier molecular flexibility index (Phi) is 6.71. The summed E-state index contributed by atoms with van der Waals surface area (Å²) >= 11 is 0. The van der Waals surface area contributed by atoms with E-state index in [0.717, 1.165) is 18.8 Å². The number of methoxy groups -OCH3 is 2. The van der Waals surface area contributed by atoms with Crippen LogP contribution >= 0.6 is 0 Å². The van der Waals surface area contributed by atoms with Crippen molar-refractivity contribution >= 4 is 5.91 Å². The van der Waals surface area contributed by atoms with Gasteiger partial charge in [-0.05, 0) is 61.8 Å². The van der Waals surface area contributed by atoms with Gasteiger partial charge in [-0.15, -0.1) is 0 Å². The topological polar surface area (TPSA) is 50.8 Å². The molecule has 1 saturated heterocycles. The zero-order valence-corrected chi connectivity index (χ0v) is 16.1. The molecule has 2 aromatic carbocycles. The molecule has 1 N–H and O–H groups in total. The molecule has 0 aromatic heterocycles. The standard InChI is InChI=1S/C22H28N2O3/c1-26-19-11-9-17(10-12-19)21(24-13-4-3-5-14-24)16-23-22(25)18-7-6-8-20(15-18)27-2/h6-12,15,21H,3-5,13-14,16H2,1-2H3,(H,23,25)/t21-/m1/s1. The molecule has 3 rings (SSSR count). The second-order valence-electron chi connectivity index (χ2n) is 6.83. The van der Waals surface area contributed by atoms with Crippen molar-refractivity contribution < 1.29 is 14.3 Å². The Hall–Kier alpha value is -2.53. The Morgan fingerprint density at radius 3 is 2.37 bits per heavy atom. The molecular weight excluding hydrogens is 340 g/mol. The van der Waals surface area contributed by atoms with Crippen LogP contribution in [0.25, 0.3) is 0 Å². The van der Waals surface area contributed by atoms with Gasteiger partial charge in [0.15, 0.2) is 0 Å². The van der Waals surface area contributed by atoms with Gasteiger partial charge in [0.1, 0.15) is 11.5 Å². The predicted molar refractivity (Wildman–Crippen MR) is 106 cm³/mol. The molecule has 0 spiro atoms. The summed E-state index contributed by atoms with van der Waals surface area (Å²) in [6.45, 7) is 2.69. The van der Waals surface area contributed by atoms with E-state index >= 15 is 0 Å². The number of carbonyl (C=O) groups excluding carboxylic acids is 1. The molecule has 0 aliphatic carbocycles. The molecule has 0 unspecified atom stereocenters. The minimum atomic E-state index is -0.0792. The molecule has 144 valence electrons. The fraction of sp³-hybridized carbons (Fsp3) is 0.409. The van der Waals surface area contributed by atoms with Gasteiger partial charge in [-0.3, -0.25) is 9.69 Å². The first-order valence-electron chi connectivity index (χ1n) is 9.51. The largest absolute Gasteiger partial charge is 0.497 e. The van der Waals surface area contributed by atoms with E-state index in [1.807, 2.05) is 24.3 Å². The lowest BCUT2D eigenvalue weighted by atomic mass is 10.0. The average Bonchev–Trinajstić information content (AvgIpc) is 2.75. The smallest absolute Gasteiger partial charge is 0.251 e. The minimum absolute atomic E-state index is 0.0792. The van der Waals surface area contributed by atoms with Crippen molar-refractivity contribution in [2.24, 2.45) is 0 Å². The van der Waals surface area contributed by atoms with Crippen molar-refractivity contribution in [3.8, 4) is 11.5 Å². The summed E-state index contributed by atoms with van der Waals surface area (Å²) in [7, 11) is 3.28. The van der Waals surface area contributed by atoms with Crippen LogP contribution in [0.15, 0.2) is 48.5 Å². The highest BCUT2D eigenvalue weighted by atomic mass is 16.5. The second kappa shape index (κ2) is 9.42. The van der Waals surface area contributed by atoms with Gasteiger partial charge in [0, 0.05) is 12.1 Å². The van der Waals surface area contributed by atoms with E-state index < -0.39 is 0 Å². The van der Waals surface area contributed by atoms with Crippen LogP contribution < -0.4 is 14.8 Å². The van der Waals surface area contributed by atoms with Crippen molar-refractivity contribution in [2.45, 2.75) is 25.3 Å². The van der Waals surface area contributed by atoms with Gasteiger partial charge in [0.05, 0.1) is 20.3 Å². The van der Waals surface area contributed by atoms with Gasteiger partial charge in [-0.2, -0.15) is 0 Å². The number of nitrogens with one attached hydrogen (secondary N) is 1. The summed E-state index contributed by atoms with van der Waals surface area (Å²) in [5.74, 6) is 1.45. The number of carbonyl (C=O) groups is 1. The van der Waals surface area contributed by atoms with Gasteiger partial charge >= 0.3 is 0 Å². The normalized spacial score (nSPS) is 15.8. The molecule has 1 fully saturated rings. The van der Waals surface area contributed by atoms with Crippen LogP contribution in [0.5, 0.6) is 11.5 Å². The number of amides is 1. The third kappa shape index (κ3) is 5.01. The van der Waals surface area contributed by atoms with Gasteiger partial charge in [0.25, 0.3) is 5.91 Å². The van der Waals surface area contributed by atoms with E-state index in [2.05, 4.69) is 22.3 Å². The van der Waals surface area contributed by atoms with E-state index in [-0.39, 0.29) is 11.9 Å². The monoisotopic (exact) mass is 368 g/mol. The molecule has 0 radical (unpaired) electrons. The van der Waals surface area contributed by atoms with Crippen molar-refractivity contribution in [3.63, 3.8) is 0 Å². The number of rotatable bonds is 7. The van der Waals surface area contributed by atoms with E-state index in [1.54, 1.807) is 26.4 Å². The first-order valence-corrected chi connectivity index (χ1v) is 9.51. The quantitative estimate of drug-likeness (QED) is 0.810. The lowest BCUT2D eigenvalue weighted by molar-refractivity contribution is 0.0924.